The molecular weight excluding hydrogens is 312 g/mol. The number of aromatic nitrogens is 1. The van der Waals surface area contributed by atoms with E-state index >= 15 is 0 Å². The number of nitrogens with zero attached hydrogens (tertiary/aromatic N) is 3. The van der Waals surface area contributed by atoms with Gasteiger partial charge in [0.1, 0.15) is 5.82 Å². The molecule has 0 aliphatic carbocycles. The van der Waals surface area contributed by atoms with Crippen LogP contribution >= 0.6 is 0 Å². The first kappa shape index (κ1) is 16.9. The summed E-state index contributed by atoms with van der Waals surface area (Å²) in [6.45, 7) is 1.43. The quantitative estimate of drug-likeness (QED) is 0.778. The summed E-state index contributed by atoms with van der Waals surface area (Å²) in [5.74, 6) is 0.339. The van der Waals surface area contributed by atoms with E-state index in [0.29, 0.717) is 12.4 Å². The number of anilines is 1. The lowest BCUT2D eigenvalue weighted by molar-refractivity contribution is -0.150. The number of hydrogen-bond acceptors (Lipinski definition) is 3. The first-order valence-electron chi connectivity index (χ1n) is 6.65. The van der Waals surface area contributed by atoms with Gasteiger partial charge in [0.2, 0.25) is 0 Å². The number of halogens is 6. The van der Waals surface area contributed by atoms with E-state index in [1.165, 1.54) is 11.0 Å². The largest absolute Gasteiger partial charge is 0.417 e. The van der Waals surface area contributed by atoms with E-state index in [1.54, 1.807) is 11.8 Å². The molecule has 3 nitrogen and oxygen atoms in total. The summed E-state index contributed by atoms with van der Waals surface area (Å²) in [6.07, 6.45) is -7.98. The van der Waals surface area contributed by atoms with Crippen molar-refractivity contribution in [2.75, 3.05) is 31.1 Å². The lowest BCUT2D eigenvalue weighted by Crippen LogP contribution is -2.54. The number of pyridine rings is 1. The molecule has 0 aromatic carbocycles. The van der Waals surface area contributed by atoms with Crippen LogP contribution in [0.15, 0.2) is 18.3 Å². The van der Waals surface area contributed by atoms with Gasteiger partial charge in [-0.3, -0.25) is 4.90 Å². The van der Waals surface area contributed by atoms with Crippen molar-refractivity contribution in [1.29, 1.82) is 0 Å². The molecule has 2 rings (SSSR count). The molecule has 1 aliphatic heterocycles. The first-order valence-corrected chi connectivity index (χ1v) is 6.65. The van der Waals surface area contributed by atoms with Crippen LogP contribution in [0.25, 0.3) is 0 Å². The summed E-state index contributed by atoms with van der Waals surface area (Å²) in [6, 6.07) is 1.81. The Morgan fingerprint density at radius 1 is 1.14 bits per heavy atom. The molecule has 0 amide bonds. The molecular formula is C13H15F6N3. The first-order chi connectivity index (χ1) is 10.1. The van der Waals surface area contributed by atoms with Gasteiger partial charge in [-0.15, -0.1) is 0 Å². The van der Waals surface area contributed by atoms with Crippen LogP contribution in [0.1, 0.15) is 12.5 Å². The molecule has 9 heteroatoms. The molecule has 0 bridgehead atoms. The number of alkyl halides is 6. The Hall–Kier alpha value is -1.51. The van der Waals surface area contributed by atoms with Crippen LogP contribution in [-0.4, -0.2) is 48.3 Å². The van der Waals surface area contributed by atoms with Crippen molar-refractivity contribution < 1.29 is 26.3 Å². The van der Waals surface area contributed by atoms with Gasteiger partial charge >= 0.3 is 12.4 Å². The second-order valence-electron chi connectivity index (χ2n) is 5.28. The van der Waals surface area contributed by atoms with Crippen LogP contribution in [-0.2, 0) is 6.18 Å². The monoisotopic (exact) mass is 327 g/mol. The van der Waals surface area contributed by atoms with Crippen molar-refractivity contribution in [3.05, 3.63) is 23.9 Å². The molecule has 1 aliphatic rings. The maximum Gasteiger partial charge on any atom is 0.417 e. The SMILES string of the molecule is CC1CN(c2ccc(C(F)(F)F)cn2)CCN1CC(F)(F)F. The van der Waals surface area contributed by atoms with Gasteiger partial charge in [-0.25, -0.2) is 4.98 Å². The van der Waals surface area contributed by atoms with Crippen molar-refractivity contribution >= 4 is 5.82 Å². The molecule has 22 heavy (non-hydrogen) atoms. The second-order valence-corrected chi connectivity index (χ2v) is 5.28. The molecule has 1 atom stereocenters. The van der Waals surface area contributed by atoms with E-state index in [1.807, 2.05) is 0 Å². The van der Waals surface area contributed by atoms with Gasteiger partial charge in [-0.05, 0) is 19.1 Å². The van der Waals surface area contributed by atoms with E-state index < -0.39 is 24.5 Å². The van der Waals surface area contributed by atoms with Crippen molar-refractivity contribution in [3.8, 4) is 0 Å². The average Bonchev–Trinajstić information content (AvgIpc) is 2.39. The fourth-order valence-electron chi connectivity index (χ4n) is 2.41. The zero-order valence-corrected chi connectivity index (χ0v) is 11.7. The van der Waals surface area contributed by atoms with Gasteiger partial charge in [0.15, 0.2) is 0 Å². The van der Waals surface area contributed by atoms with Crippen LogP contribution in [0.5, 0.6) is 0 Å². The topological polar surface area (TPSA) is 19.4 Å². The Balaban J connectivity index is 2.01. The lowest BCUT2D eigenvalue weighted by Gasteiger charge is -2.40. The zero-order valence-electron chi connectivity index (χ0n) is 11.7. The van der Waals surface area contributed by atoms with E-state index in [0.717, 1.165) is 12.3 Å². The highest BCUT2D eigenvalue weighted by molar-refractivity contribution is 5.40. The predicted octanol–water partition coefficient (Wildman–Crippen LogP) is 3.17. The summed E-state index contributed by atoms with van der Waals surface area (Å²) in [5.41, 5.74) is -0.847. The van der Waals surface area contributed by atoms with Crippen molar-refractivity contribution in [1.82, 2.24) is 9.88 Å². The third kappa shape index (κ3) is 4.25. The smallest absolute Gasteiger partial charge is 0.354 e. The van der Waals surface area contributed by atoms with Crippen molar-refractivity contribution in [2.45, 2.75) is 25.3 Å². The van der Waals surface area contributed by atoms with Crippen molar-refractivity contribution in [3.63, 3.8) is 0 Å². The average molecular weight is 327 g/mol. The van der Waals surface area contributed by atoms with Crippen LogP contribution < -0.4 is 4.90 Å². The minimum atomic E-state index is -4.45. The summed E-state index contributed by atoms with van der Waals surface area (Å²) in [4.78, 5) is 6.77. The molecule has 1 saturated heterocycles. The van der Waals surface area contributed by atoms with Crippen LogP contribution in [0, 0.1) is 0 Å². The highest BCUT2D eigenvalue weighted by Gasteiger charge is 2.35. The Kier molecular flexibility index (Phi) is 4.55. The third-order valence-corrected chi connectivity index (χ3v) is 3.55. The minimum Gasteiger partial charge on any atom is -0.354 e. The summed E-state index contributed by atoms with van der Waals surface area (Å²) in [5, 5.41) is 0. The molecule has 1 aromatic heterocycles. The predicted molar refractivity (Wildman–Crippen MR) is 68.5 cm³/mol. The van der Waals surface area contributed by atoms with E-state index in [9.17, 15) is 26.3 Å². The highest BCUT2D eigenvalue weighted by Crippen LogP contribution is 2.30. The maximum absolute atomic E-state index is 12.5. The Bertz CT molecular complexity index is 496. The van der Waals surface area contributed by atoms with Crippen LogP contribution in [0.3, 0.4) is 0 Å². The second kappa shape index (κ2) is 5.94. The van der Waals surface area contributed by atoms with Gasteiger partial charge in [0.05, 0.1) is 12.1 Å². The van der Waals surface area contributed by atoms with Gasteiger partial charge < -0.3 is 4.90 Å². The Morgan fingerprint density at radius 2 is 1.82 bits per heavy atom. The van der Waals surface area contributed by atoms with Gasteiger partial charge in [0, 0.05) is 31.9 Å². The van der Waals surface area contributed by atoms with Gasteiger partial charge in [-0.1, -0.05) is 0 Å². The molecule has 0 spiro atoms. The Morgan fingerprint density at radius 3 is 2.27 bits per heavy atom. The van der Waals surface area contributed by atoms with Gasteiger partial charge in [-0.2, -0.15) is 26.3 Å². The fourth-order valence-corrected chi connectivity index (χ4v) is 2.41. The number of rotatable bonds is 2. The van der Waals surface area contributed by atoms with Crippen molar-refractivity contribution in [2.24, 2.45) is 0 Å². The summed E-state index contributed by atoms with van der Waals surface area (Å²) < 4.78 is 74.6. The number of piperazine rings is 1. The zero-order chi connectivity index (χ0) is 16.5. The Labute approximate surface area is 123 Å². The van der Waals surface area contributed by atoms with E-state index in [-0.39, 0.29) is 19.1 Å². The molecule has 1 fully saturated rings. The molecule has 0 N–H and O–H groups in total. The highest BCUT2D eigenvalue weighted by atomic mass is 19.4. The van der Waals surface area contributed by atoms with E-state index in [4.69, 9.17) is 0 Å². The summed E-state index contributed by atoms with van der Waals surface area (Å²) in [7, 11) is 0. The number of hydrogen-bond donors (Lipinski definition) is 0. The van der Waals surface area contributed by atoms with Crippen LogP contribution in [0.2, 0.25) is 0 Å². The maximum atomic E-state index is 12.5. The molecule has 0 saturated carbocycles. The molecule has 124 valence electrons. The summed E-state index contributed by atoms with van der Waals surface area (Å²) >= 11 is 0. The molecule has 1 aromatic rings. The molecule has 2 heterocycles. The molecule has 0 radical (unpaired) electrons. The van der Waals surface area contributed by atoms with Gasteiger partial charge in [0.25, 0.3) is 0 Å². The van der Waals surface area contributed by atoms with E-state index in [2.05, 4.69) is 4.98 Å². The normalized spacial score (nSPS) is 21.2. The van der Waals surface area contributed by atoms with Crippen LogP contribution in [0.4, 0.5) is 32.2 Å². The standard InChI is InChI=1S/C13H15F6N3/c1-9-7-21(4-5-22(9)8-12(14,15)16)11-3-2-10(6-20-11)13(17,18)19/h2-3,6,9H,4-5,7-8H2,1H3. The minimum absolute atomic E-state index is 0.184. The molecule has 1 unspecified atom stereocenters. The lowest BCUT2D eigenvalue weighted by atomic mass is 10.2. The fraction of sp³-hybridized carbons (Fsp3) is 0.615. The third-order valence-electron chi connectivity index (χ3n) is 3.55.